The second-order valence-electron chi connectivity index (χ2n) is 3.25. The number of hydrogen-bond donors (Lipinski definition) is 0. The molecule has 0 amide bonds. The summed E-state index contributed by atoms with van der Waals surface area (Å²) in [6, 6.07) is 5.99. The third kappa shape index (κ3) is 1.21. The summed E-state index contributed by atoms with van der Waals surface area (Å²) in [5, 5.41) is 17.1. The molecule has 0 atom stereocenters. The van der Waals surface area contributed by atoms with E-state index in [4.69, 9.17) is 5.26 Å². The summed E-state index contributed by atoms with van der Waals surface area (Å²) >= 11 is 1.63. The van der Waals surface area contributed by atoms with Crippen LogP contribution in [0.3, 0.4) is 0 Å². The van der Waals surface area contributed by atoms with Gasteiger partial charge in [-0.15, -0.1) is 0 Å². The molecule has 0 unspecified atom stereocenters. The molecular formula is C11H6N4S. The van der Waals surface area contributed by atoms with Crippen LogP contribution in [0.5, 0.6) is 0 Å². The number of hydrogen-bond acceptors (Lipinski definition) is 4. The van der Waals surface area contributed by atoms with Gasteiger partial charge in [0.25, 0.3) is 0 Å². The van der Waals surface area contributed by atoms with Gasteiger partial charge in [0, 0.05) is 17.1 Å². The van der Waals surface area contributed by atoms with Crippen LogP contribution in [0.2, 0.25) is 0 Å². The van der Waals surface area contributed by atoms with Crippen LogP contribution in [-0.2, 0) is 0 Å². The summed E-state index contributed by atoms with van der Waals surface area (Å²) in [5.41, 5.74) is 3.14. The first kappa shape index (κ1) is 9.07. The Hall–Kier alpha value is -2.19. The van der Waals surface area contributed by atoms with Crippen molar-refractivity contribution < 1.29 is 0 Å². The van der Waals surface area contributed by atoms with Crippen LogP contribution in [0.25, 0.3) is 16.9 Å². The zero-order valence-electron chi connectivity index (χ0n) is 8.16. The Balaban J connectivity index is 2.36. The Bertz CT molecular complexity index is 676. The molecule has 0 aliphatic carbocycles. The van der Waals surface area contributed by atoms with Gasteiger partial charge in [-0.25, -0.2) is 9.50 Å². The summed E-state index contributed by atoms with van der Waals surface area (Å²) in [7, 11) is 0. The fourth-order valence-electron chi connectivity index (χ4n) is 1.60. The molecule has 0 saturated heterocycles. The van der Waals surface area contributed by atoms with Crippen molar-refractivity contribution in [2.24, 2.45) is 0 Å². The van der Waals surface area contributed by atoms with E-state index in [1.54, 1.807) is 22.0 Å². The monoisotopic (exact) mass is 226 g/mol. The van der Waals surface area contributed by atoms with Gasteiger partial charge in [-0.3, -0.25) is 0 Å². The molecule has 0 fully saturated rings. The molecule has 3 heterocycles. The van der Waals surface area contributed by atoms with Gasteiger partial charge >= 0.3 is 0 Å². The zero-order chi connectivity index (χ0) is 11.0. The van der Waals surface area contributed by atoms with Gasteiger partial charge in [-0.1, -0.05) is 0 Å². The minimum atomic E-state index is 0.497. The van der Waals surface area contributed by atoms with Crippen LogP contribution < -0.4 is 0 Å². The Labute approximate surface area is 95.4 Å². The maximum absolute atomic E-state index is 8.90. The molecule has 0 aliphatic heterocycles. The van der Waals surface area contributed by atoms with Crippen molar-refractivity contribution in [3.05, 3.63) is 40.8 Å². The second kappa shape index (κ2) is 3.43. The molecule has 0 bridgehead atoms. The van der Waals surface area contributed by atoms with Gasteiger partial charge in [-0.2, -0.15) is 21.7 Å². The second-order valence-corrected chi connectivity index (χ2v) is 4.03. The third-order valence-corrected chi connectivity index (χ3v) is 3.02. The average Bonchev–Trinajstić information content (AvgIpc) is 2.97. The highest BCUT2D eigenvalue weighted by Gasteiger charge is 2.09. The quantitative estimate of drug-likeness (QED) is 0.640. The van der Waals surface area contributed by atoms with Crippen molar-refractivity contribution in [1.82, 2.24) is 14.6 Å². The highest BCUT2D eigenvalue weighted by Crippen LogP contribution is 2.22. The number of nitrogens with zero attached hydrogens (tertiary/aromatic N) is 4. The summed E-state index contributed by atoms with van der Waals surface area (Å²) in [4.78, 5) is 4.16. The Morgan fingerprint density at radius 1 is 1.38 bits per heavy atom. The van der Waals surface area contributed by atoms with E-state index < -0.39 is 0 Å². The molecule has 16 heavy (non-hydrogen) atoms. The van der Waals surface area contributed by atoms with E-state index in [1.165, 1.54) is 6.20 Å². The Morgan fingerprint density at radius 2 is 2.31 bits per heavy atom. The van der Waals surface area contributed by atoms with Gasteiger partial charge in [0.1, 0.15) is 11.6 Å². The molecule has 76 valence electrons. The molecule has 5 heteroatoms. The molecule has 3 aromatic heterocycles. The molecule has 0 radical (unpaired) electrons. The fraction of sp³-hybridized carbons (Fsp3) is 0. The van der Waals surface area contributed by atoms with Crippen molar-refractivity contribution in [3.8, 4) is 17.3 Å². The summed E-state index contributed by atoms with van der Waals surface area (Å²) < 4.78 is 1.70. The van der Waals surface area contributed by atoms with E-state index in [-0.39, 0.29) is 0 Å². The largest absolute Gasteiger partial charge is 0.236 e. The number of thiophene rings is 1. The first-order valence-corrected chi connectivity index (χ1v) is 5.60. The lowest BCUT2D eigenvalue weighted by atomic mass is 10.2. The van der Waals surface area contributed by atoms with Gasteiger partial charge in [0.05, 0.1) is 11.9 Å². The Morgan fingerprint density at radius 3 is 3.06 bits per heavy atom. The standard InChI is InChI=1S/C11H6N4S/c12-5-9-6-14-15-10(1-3-13-11(9)15)8-2-4-16-7-8/h1-4,6-7H. The van der Waals surface area contributed by atoms with Crippen molar-refractivity contribution in [2.75, 3.05) is 0 Å². The lowest BCUT2D eigenvalue weighted by Gasteiger charge is -2.00. The van der Waals surface area contributed by atoms with Crippen LogP contribution in [0.15, 0.2) is 35.3 Å². The van der Waals surface area contributed by atoms with E-state index in [0.717, 1.165) is 11.3 Å². The van der Waals surface area contributed by atoms with E-state index >= 15 is 0 Å². The van der Waals surface area contributed by atoms with Crippen LogP contribution in [0.4, 0.5) is 0 Å². The van der Waals surface area contributed by atoms with Crippen molar-refractivity contribution in [1.29, 1.82) is 5.26 Å². The molecule has 3 rings (SSSR count). The maximum Gasteiger partial charge on any atom is 0.173 e. The first-order valence-electron chi connectivity index (χ1n) is 4.65. The molecule has 0 aliphatic rings. The molecule has 4 nitrogen and oxygen atoms in total. The molecular weight excluding hydrogens is 220 g/mol. The smallest absolute Gasteiger partial charge is 0.173 e. The SMILES string of the molecule is N#Cc1cnn2c(-c3ccsc3)ccnc12. The lowest BCUT2D eigenvalue weighted by molar-refractivity contribution is 0.948. The molecule has 0 aromatic carbocycles. The van der Waals surface area contributed by atoms with Gasteiger partial charge < -0.3 is 0 Å². The lowest BCUT2D eigenvalue weighted by Crippen LogP contribution is -1.94. The predicted octanol–water partition coefficient (Wildman–Crippen LogP) is 2.33. The third-order valence-electron chi connectivity index (χ3n) is 2.34. The average molecular weight is 226 g/mol. The number of fused-ring (bicyclic) bond motifs is 1. The minimum Gasteiger partial charge on any atom is -0.236 e. The predicted molar refractivity (Wildman–Crippen MR) is 61.0 cm³/mol. The van der Waals surface area contributed by atoms with E-state index in [1.807, 2.05) is 22.9 Å². The van der Waals surface area contributed by atoms with Crippen molar-refractivity contribution >= 4 is 17.0 Å². The zero-order valence-corrected chi connectivity index (χ0v) is 8.98. The number of aromatic nitrogens is 3. The van der Waals surface area contributed by atoms with Gasteiger partial charge in [0.2, 0.25) is 0 Å². The summed E-state index contributed by atoms with van der Waals surface area (Å²) in [6.45, 7) is 0. The van der Waals surface area contributed by atoms with Crippen molar-refractivity contribution in [2.45, 2.75) is 0 Å². The van der Waals surface area contributed by atoms with Crippen LogP contribution in [0, 0.1) is 11.3 Å². The topological polar surface area (TPSA) is 54.0 Å². The highest BCUT2D eigenvalue weighted by molar-refractivity contribution is 7.08. The van der Waals surface area contributed by atoms with Gasteiger partial charge in [0.15, 0.2) is 5.65 Å². The van der Waals surface area contributed by atoms with Crippen LogP contribution in [0.1, 0.15) is 5.56 Å². The summed E-state index contributed by atoms with van der Waals surface area (Å²) in [5.74, 6) is 0. The number of rotatable bonds is 1. The molecule has 0 N–H and O–H groups in total. The Kier molecular flexibility index (Phi) is 1.95. The minimum absolute atomic E-state index is 0.497. The van der Waals surface area contributed by atoms with Crippen LogP contribution >= 0.6 is 11.3 Å². The van der Waals surface area contributed by atoms with Gasteiger partial charge in [-0.05, 0) is 17.5 Å². The first-order chi connectivity index (χ1) is 7.90. The van der Waals surface area contributed by atoms with Crippen LogP contribution in [-0.4, -0.2) is 14.6 Å². The van der Waals surface area contributed by atoms with E-state index in [0.29, 0.717) is 11.2 Å². The maximum atomic E-state index is 8.90. The van der Waals surface area contributed by atoms with E-state index in [2.05, 4.69) is 16.2 Å². The normalized spacial score (nSPS) is 10.4. The van der Waals surface area contributed by atoms with Crippen molar-refractivity contribution in [3.63, 3.8) is 0 Å². The van der Waals surface area contributed by atoms with E-state index in [9.17, 15) is 0 Å². The molecule has 0 spiro atoms. The summed E-state index contributed by atoms with van der Waals surface area (Å²) in [6.07, 6.45) is 3.24. The molecule has 3 aromatic rings. The number of nitriles is 1. The highest BCUT2D eigenvalue weighted by atomic mass is 32.1. The fourth-order valence-corrected chi connectivity index (χ4v) is 2.25. The molecule has 0 saturated carbocycles.